The molecule has 2 saturated carbocycles. The van der Waals surface area contributed by atoms with Gasteiger partial charge in [-0.05, 0) is 37.4 Å². The van der Waals surface area contributed by atoms with Gasteiger partial charge in [-0.15, -0.1) is 0 Å². The van der Waals surface area contributed by atoms with Gasteiger partial charge in [-0.1, -0.05) is 38.5 Å². The molecular weight excluding hydrogens is 200 g/mol. The van der Waals surface area contributed by atoms with Crippen LogP contribution in [0, 0.1) is 5.92 Å². The minimum Gasteiger partial charge on any atom is -0.417 e. The van der Waals surface area contributed by atoms with E-state index in [1.165, 1.54) is 51.4 Å². The van der Waals surface area contributed by atoms with Crippen LogP contribution in [0.1, 0.15) is 51.4 Å². The Bertz CT molecular complexity index is 191. The lowest BCUT2D eigenvalue weighted by Crippen LogP contribution is -2.36. The molecule has 2 fully saturated rings. The van der Waals surface area contributed by atoms with Crippen molar-refractivity contribution in [2.75, 3.05) is 6.61 Å². The van der Waals surface area contributed by atoms with Crippen molar-refractivity contribution in [3.05, 3.63) is 0 Å². The fourth-order valence-corrected chi connectivity index (χ4v) is 5.95. The van der Waals surface area contributed by atoms with Crippen molar-refractivity contribution in [3.8, 4) is 0 Å². The monoisotopic (exact) mass is 226 g/mol. The quantitative estimate of drug-likeness (QED) is 0.648. The molecule has 0 aromatic rings. The molecule has 0 aromatic heterocycles. The van der Waals surface area contributed by atoms with E-state index in [2.05, 4.69) is 13.1 Å². The molecule has 0 spiro atoms. The van der Waals surface area contributed by atoms with Crippen LogP contribution in [0.25, 0.3) is 0 Å². The standard InChI is InChI=1S/C13H26OSi/c1-15(2,13-9-5-6-10-13)14-11-12-7-3-4-8-12/h12-13H,3-11H2,1-2H3. The smallest absolute Gasteiger partial charge is 0.189 e. The zero-order valence-corrected chi connectivity index (χ0v) is 11.4. The van der Waals surface area contributed by atoms with Gasteiger partial charge in [-0.3, -0.25) is 0 Å². The van der Waals surface area contributed by atoms with Gasteiger partial charge in [0.25, 0.3) is 0 Å². The molecule has 1 nitrogen and oxygen atoms in total. The van der Waals surface area contributed by atoms with E-state index in [4.69, 9.17) is 4.43 Å². The molecule has 0 unspecified atom stereocenters. The summed E-state index contributed by atoms with van der Waals surface area (Å²) in [6.45, 7) is 5.96. The second-order valence-electron chi connectivity index (χ2n) is 6.05. The molecule has 0 amide bonds. The Morgan fingerprint density at radius 1 is 0.933 bits per heavy atom. The van der Waals surface area contributed by atoms with E-state index in [0.717, 1.165) is 18.1 Å². The number of hydrogen-bond donors (Lipinski definition) is 0. The summed E-state index contributed by atoms with van der Waals surface area (Å²) in [4.78, 5) is 0. The maximum atomic E-state index is 6.34. The van der Waals surface area contributed by atoms with Gasteiger partial charge < -0.3 is 4.43 Å². The number of rotatable bonds is 4. The van der Waals surface area contributed by atoms with Crippen molar-refractivity contribution < 1.29 is 4.43 Å². The van der Waals surface area contributed by atoms with E-state index < -0.39 is 8.32 Å². The van der Waals surface area contributed by atoms with Crippen molar-refractivity contribution >= 4 is 8.32 Å². The zero-order chi connectivity index (χ0) is 10.7. The Morgan fingerprint density at radius 3 is 2.07 bits per heavy atom. The molecule has 2 rings (SSSR count). The third-order valence-electron chi connectivity index (χ3n) is 4.50. The largest absolute Gasteiger partial charge is 0.417 e. The maximum Gasteiger partial charge on any atom is 0.189 e. The zero-order valence-electron chi connectivity index (χ0n) is 10.4. The minimum atomic E-state index is -1.34. The number of hydrogen-bond acceptors (Lipinski definition) is 1. The summed E-state index contributed by atoms with van der Waals surface area (Å²) in [5.41, 5.74) is 0.957. The van der Waals surface area contributed by atoms with Gasteiger partial charge in [0.15, 0.2) is 8.32 Å². The molecule has 0 bridgehead atoms. The first kappa shape index (κ1) is 11.7. The van der Waals surface area contributed by atoms with Gasteiger partial charge in [-0.2, -0.15) is 0 Å². The van der Waals surface area contributed by atoms with Crippen LogP contribution in [0.15, 0.2) is 0 Å². The van der Waals surface area contributed by atoms with Gasteiger partial charge in [0.05, 0.1) is 0 Å². The van der Waals surface area contributed by atoms with Crippen LogP contribution in [0.2, 0.25) is 18.6 Å². The van der Waals surface area contributed by atoms with Gasteiger partial charge in [0.1, 0.15) is 0 Å². The predicted molar refractivity (Wildman–Crippen MR) is 67.6 cm³/mol. The van der Waals surface area contributed by atoms with E-state index in [9.17, 15) is 0 Å². The molecule has 0 heterocycles. The molecule has 0 radical (unpaired) electrons. The van der Waals surface area contributed by atoms with E-state index >= 15 is 0 Å². The van der Waals surface area contributed by atoms with Gasteiger partial charge >= 0.3 is 0 Å². The highest BCUT2D eigenvalue weighted by Crippen LogP contribution is 2.39. The second-order valence-corrected chi connectivity index (χ2v) is 10.4. The molecule has 15 heavy (non-hydrogen) atoms. The Labute approximate surface area is 95.7 Å². The Balaban J connectivity index is 1.75. The third-order valence-corrected chi connectivity index (χ3v) is 7.96. The summed E-state index contributed by atoms with van der Waals surface area (Å²) in [6.07, 6.45) is 11.5. The topological polar surface area (TPSA) is 9.23 Å². The molecule has 2 aliphatic carbocycles. The molecule has 2 aliphatic rings. The van der Waals surface area contributed by atoms with Crippen LogP contribution in [0.5, 0.6) is 0 Å². The fourth-order valence-electron chi connectivity index (χ4n) is 3.25. The Kier molecular flexibility index (Phi) is 3.89. The van der Waals surface area contributed by atoms with Crippen molar-refractivity contribution in [3.63, 3.8) is 0 Å². The highest BCUT2D eigenvalue weighted by molar-refractivity contribution is 6.72. The Morgan fingerprint density at radius 2 is 1.47 bits per heavy atom. The van der Waals surface area contributed by atoms with Gasteiger partial charge in [0.2, 0.25) is 0 Å². The molecule has 0 N–H and O–H groups in total. The average molecular weight is 226 g/mol. The lowest BCUT2D eigenvalue weighted by molar-refractivity contribution is 0.237. The van der Waals surface area contributed by atoms with Crippen LogP contribution in [-0.2, 0) is 4.43 Å². The normalized spacial score (nSPS) is 25.2. The summed E-state index contributed by atoms with van der Waals surface area (Å²) in [6, 6.07) is 0. The predicted octanol–water partition coefficient (Wildman–Crippen LogP) is 4.34. The highest BCUT2D eigenvalue weighted by atomic mass is 28.4. The van der Waals surface area contributed by atoms with Crippen molar-refractivity contribution in [2.45, 2.75) is 70.0 Å². The summed E-state index contributed by atoms with van der Waals surface area (Å²) in [5.74, 6) is 0.901. The van der Waals surface area contributed by atoms with Crippen LogP contribution in [0.4, 0.5) is 0 Å². The van der Waals surface area contributed by atoms with Crippen molar-refractivity contribution in [1.29, 1.82) is 0 Å². The minimum absolute atomic E-state index is 0.901. The fraction of sp³-hybridized carbons (Fsp3) is 1.00. The highest BCUT2D eigenvalue weighted by Gasteiger charge is 2.36. The van der Waals surface area contributed by atoms with Gasteiger partial charge in [-0.25, -0.2) is 0 Å². The van der Waals surface area contributed by atoms with Crippen molar-refractivity contribution in [1.82, 2.24) is 0 Å². The van der Waals surface area contributed by atoms with Crippen LogP contribution < -0.4 is 0 Å². The first-order valence-corrected chi connectivity index (χ1v) is 9.81. The lowest BCUT2D eigenvalue weighted by Gasteiger charge is -2.30. The SMILES string of the molecule is C[Si](C)(OCC1CCCC1)C1CCCC1. The summed E-state index contributed by atoms with van der Waals surface area (Å²) >= 11 is 0. The first-order valence-electron chi connectivity index (χ1n) is 6.82. The summed E-state index contributed by atoms with van der Waals surface area (Å²) < 4.78 is 6.34. The van der Waals surface area contributed by atoms with Crippen LogP contribution in [0.3, 0.4) is 0 Å². The maximum absolute atomic E-state index is 6.34. The van der Waals surface area contributed by atoms with Crippen molar-refractivity contribution in [2.24, 2.45) is 5.92 Å². The molecule has 0 atom stereocenters. The van der Waals surface area contributed by atoms with E-state index in [1.54, 1.807) is 0 Å². The molecule has 2 heteroatoms. The first-order chi connectivity index (χ1) is 7.18. The van der Waals surface area contributed by atoms with E-state index in [0.29, 0.717) is 0 Å². The molecule has 0 saturated heterocycles. The molecular formula is C13H26OSi. The molecule has 0 aliphatic heterocycles. The molecule has 0 aromatic carbocycles. The van der Waals surface area contributed by atoms with Crippen LogP contribution in [-0.4, -0.2) is 14.9 Å². The van der Waals surface area contributed by atoms with E-state index in [-0.39, 0.29) is 0 Å². The van der Waals surface area contributed by atoms with E-state index in [1.807, 2.05) is 0 Å². The average Bonchev–Trinajstić information content (AvgIpc) is 2.88. The van der Waals surface area contributed by atoms with Gasteiger partial charge in [0, 0.05) is 6.61 Å². The second kappa shape index (κ2) is 5.01. The summed E-state index contributed by atoms with van der Waals surface area (Å²) in [5, 5.41) is 0. The third kappa shape index (κ3) is 3.07. The Hall–Kier alpha value is 0.177. The summed E-state index contributed by atoms with van der Waals surface area (Å²) in [7, 11) is -1.34. The van der Waals surface area contributed by atoms with Crippen LogP contribution >= 0.6 is 0 Å². The lowest BCUT2D eigenvalue weighted by atomic mass is 10.1. The molecule has 88 valence electrons.